The van der Waals surface area contributed by atoms with Gasteiger partial charge in [-0.15, -0.1) is 0 Å². The Hall–Kier alpha value is -3.14. The van der Waals surface area contributed by atoms with Crippen LogP contribution in [-0.4, -0.2) is 58.0 Å². The van der Waals surface area contributed by atoms with E-state index in [4.69, 9.17) is 0 Å². The zero-order valence-electron chi connectivity index (χ0n) is 13.8. The van der Waals surface area contributed by atoms with Crippen LogP contribution in [0.2, 0.25) is 0 Å². The van der Waals surface area contributed by atoms with E-state index in [1.807, 2.05) is 0 Å². The lowest BCUT2D eigenvalue weighted by Crippen LogP contribution is -2.50. The molecule has 1 fully saturated rings. The molecule has 1 saturated heterocycles. The Kier molecular flexibility index (Phi) is 4.80. The van der Waals surface area contributed by atoms with Crippen LogP contribution < -0.4 is 0 Å². The third-order valence-corrected chi connectivity index (χ3v) is 4.03. The number of carbonyl (C=O) groups excluding carboxylic acids is 2. The largest absolute Gasteiger partial charge is 0.334 e. The summed E-state index contributed by atoms with van der Waals surface area (Å²) in [6, 6.07) is 7.56. The molecule has 25 heavy (non-hydrogen) atoms. The van der Waals surface area contributed by atoms with Crippen LogP contribution in [0.5, 0.6) is 0 Å². The highest BCUT2D eigenvalue weighted by Gasteiger charge is 2.25. The summed E-state index contributed by atoms with van der Waals surface area (Å²) in [4.78, 5) is 27.6. The molecule has 2 aromatic rings. The highest BCUT2D eigenvalue weighted by Crippen LogP contribution is 2.19. The highest BCUT2D eigenvalue weighted by atomic mass is 19.1. The van der Waals surface area contributed by atoms with Crippen molar-refractivity contribution in [2.45, 2.75) is 6.92 Å². The van der Waals surface area contributed by atoms with Crippen LogP contribution in [0.3, 0.4) is 0 Å². The van der Waals surface area contributed by atoms with Crippen LogP contribution >= 0.6 is 0 Å². The molecule has 0 aliphatic carbocycles. The minimum absolute atomic E-state index is 0.172. The number of amides is 2. The van der Waals surface area contributed by atoms with E-state index in [1.165, 1.54) is 12.1 Å². The first-order valence-corrected chi connectivity index (χ1v) is 7.91. The number of aromatic nitrogens is 2. The van der Waals surface area contributed by atoms with E-state index in [-0.39, 0.29) is 17.6 Å². The summed E-state index contributed by atoms with van der Waals surface area (Å²) in [6.45, 7) is 3.42. The van der Waals surface area contributed by atoms with E-state index < -0.39 is 0 Å². The third-order valence-electron chi connectivity index (χ3n) is 4.03. The summed E-state index contributed by atoms with van der Waals surface area (Å²) in [5.74, 6) is 4.39. The number of aromatic amines is 1. The number of halogens is 1. The van der Waals surface area contributed by atoms with Crippen LogP contribution in [0.1, 0.15) is 17.4 Å². The summed E-state index contributed by atoms with van der Waals surface area (Å²) in [5, 5.41) is 6.85. The van der Waals surface area contributed by atoms with Crippen molar-refractivity contribution in [3.8, 4) is 23.1 Å². The molecule has 0 radical (unpaired) electrons. The van der Waals surface area contributed by atoms with Gasteiger partial charge in [0, 0.05) is 31.7 Å². The van der Waals surface area contributed by atoms with Crippen molar-refractivity contribution in [2.75, 3.05) is 26.2 Å². The van der Waals surface area contributed by atoms with E-state index in [2.05, 4.69) is 22.0 Å². The smallest absolute Gasteiger partial charge is 0.298 e. The first-order valence-electron chi connectivity index (χ1n) is 7.91. The van der Waals surface area contributed by atoms with Crippen molar-refractivity contribution in [1.82, 2.24) is 20.0 Å². The second kappa shape index (κ2) is 7.18. The van der Waals surface area contributed by atoms with Gasteiger partial charge in [0.05, 0.1) is 5.69 Å². The summed E-state index contributed by atoms with van der Waals surface area (Å²) in [5.41, 5.74) is 1.67. The average Bonchev–Trinajstić information content (AvgIpc) is 3.12. The molecule has 1 N–H and O–H groups in total. The van der Waals surface area contributed by atoms with E-state index in [1.54, 1.807) is 34.9 Å². The van der Waals surface area contributed by atoms with Gasteiger partial charge in [-0.3, -0.25) is 14.7 Å². The zero-order chi connectivity index (χ0) is 17.8. The highest BCUT2D eigenvalue weighted by molar-refractivity contribution is 5.95. The monoisotopic (exact) mass is 340 g/mol. The van der Waals surface area contributed by atoms with E-state index in [0.29, 0.717) is 37.6 Å². The van der Waals surface area contributed by atoms with Crippen molar-refractivity contribution in [3.63, 3.8) is 0 Å². The number of nitrogens with zero attached hydrogens (tertiary/aromatic N) is 3. The molecule has 1 aliphatic rings. The number of hydrogen-bond donors (Lipinski definition) is 1. The molecule has 0 spiro atoms. The van der Waals surface area contributed by atoms with Gasteiger partial charge in [-0.1, -0.05) is 5.92 Å². The molecule has 1 aliphatic heterocycles. The summed E-state index contributed by atoms with van der Waals surface area (Å²) in [6.07, 6.45) is 0. The fourth-order valence-electron chi connectivity index (χ4n) is 2.67. The van der Waals surface area contributed by atoms with Gasteiger partial charge in [0.1, 0.15) is 11.5 Å². The number of carbonyl (C=O) groups is 2. The molecule has 0 saturated carbocycles. The topological polar surface area (TPSA) is 69.3 Å². The maximum absolute atomic E-state index is 13.0. The molecule has 0 atom stereocenters. The molecule has 2 heterocycles. The van der Waals surface area contributed by atoms with Crippen LogP contribution in [-0.2, 0) is 4.79 Å². The molecule has 0 bridgehead atoms. The molecule has 1 aromatic carbocycles. The lowest BCUT2D eigenvalue weighted by Gasteiger charge is -2.33. The Balaban J connectivity index is 1.65. The SMILES string of the molecule is CC#CC(=O)N1CCN(C(=O)c2cc(-c3ccc(F)cc3)n[nH]2)CC1. The van der Waals surface area contributed by atoms with Crippen molar-refractivity contribution >= 4 is 11.8 Å². The summed E-state index contributed by atoms with van der Waals surface area (Å²) in [7, 11) is 0. The maximum Gasteiger partial charge on any atom is 0.298 e. The van der Waals surface area contributed by atoms with Crippen molar-refractivity contribution < 1.29 is 14.0 Å². The number of H-pyrrole nitrogens is 1. The zero-order valence-corrected chi connectivity index (χ0v) is 13.8. The number of piperazine rings is 1. The van der Waals surface area contributed by atoms with Gasteiger partial charge >= 0.3 is 0 Å². The van der Waals surface area contributed by atoms with Gasteiger partial charge in [-0.2, -0.15) is 5.10 Å². The molecular formula is C18H17FN4O2. The maximum atomic E-state index is 13.0. The molecule has 7 heteroatoms. The fourth-order valence-corrected chi connectivity index (χ4v) is 2.67. The van der Waals surface area contributed by atoms with Crippen molar-refractivity contribution in [1.29, 1.82) is 0 Å². The lowest BCUT2D eigenvalue weighted by atomic mass is 10.1. The fraction of sp³-hybridized carbons (Fsp3) is 0.278. The van der Waals surface area contributed by atoms with Gasteiger partial charge in [0.15, 0.2) is 0 Å². The van der Waals surface area contributed by atoms with Gasteiger partial charge in [0.25, 0.3) is 11.8 Å². The average molecular weight is 340 g/mol. The van der Waals surface area contributed by atoms with E-state index in [0.717, 1.165) is 5.56 Å². The standard InChI is InChI=1S/C18H17FN4O2/c1-2-3-17(24)22-8-10-23(11-9-22)18(25)16-12-15(20-21-16)13-4-6-14(19)7-5-13/h4-7,12H,8-11H2,1H3,(H,20,21). The third kappa shape index (κ3) is 3.69. The molecule has 1 aromatic heterocycles. The van der Waals surface area contributed by atoms with E-state index in [9.17, 15) is 14.0 Å². The number of rotatable bonds is 2. The second-order valence-electron chi connectivity index (χ2n) is 5.63. The minimum Gasteiger partial charge on any atom is -0.334 e. The van der Waals surface area contributed by atoms with E-state index >= 15 is 0 Å². The van der Waals surface area contributed by atoms with Crippen LogP contribution in [0.15, 0.2) is 30.3 Å². The van der Waals surface area contributed by atoms with Gasteiger partial charge in [-0.25, -0.2) is 4.39 Å². The molecule has 6 nitrogen and oxygen atoms in total. The normalized spacial score (nSPS) is 14.0. The minimum atomic E-state index is -0.323. The first kappa shape index (κ1) is 16.7. The number of hydrogen-bond acceptors (Lipinski definition) is 3. The van der Waals surface area contributed by atoms with Gasteiger partial charge in [0.2, 0.25) is 0 Å². The van der Waals surface area contributed by atoms with Gasteiger partial charge in [-0.05, 0) is 43.2 Å². The Morgan fingerprint density at radius 1 is 1.12 bits per heavy atom. The number of benzene rings is 1. The van der Waals surface area contributed by atoms with Crippen LogP contribution in [0, 0.1) is 17.7 Å². The first-order chi connectivity index (χ1) is 12.1. The Morgan fingerprint density at radius 3 is 2.40 bits per heavy atom. The quantitative estimate of drug-likeness (QED) is 0.843. The van der Waals surface area contributed by atoms with Crippen molar-refractivity contribution in [2.24, 2.45) is 0 Å². The molecule has 2 amide bonds. The second-order valence-corrected chi connectivity index (χ2v) is 5.63. The number of nitrogens with one attached hydrogen (secondary N) is 1. The van der Waals surface area contributed by atoms with Crippen LogP contribution in [0.4, 0.5) is 4.39 Å². The lowest BCUT2D eigenvalue weighted by molar-refractivity contribution is -0.126. The summed E-state index contributed by atoms with van der Waals surface area (Å²) < 4.78 is 13.0. The molecule has 3 rings (SSSR count). The Morgan fingerprint density at radius 2 is 1.76 bits per heavy atom. The predicted molar refractivity (Wildman–Crippen MR) is 89.9 cm³/mol. The Labute approximate surface area is 144 Å². The van der Waals surface area contributed by atoms with Crippen molar-refractivity contribution in [3.05, 3.63) is 41.8 Å². The summed E-state index contributed by atoms with van der Waals surface area (Å²) >= 11 is 0. The molecule has 128 valence electrons. The predicted octanol–water partition coefficient (Wildman–Crippen LogP) is 1.52. The molecule has 0 unspecified atom stereocenters. The van der Waals surface area contributed by atoms with Crippen LogP contribution in [0.25, 0.3) is 11.3 Å². The molecular weight excluding hydrogens is 323 g/mol. The Bertz CT molecular complexity index is 840. The van der Waals surface area contributed by atoms with Gasteiger partial charge < -0.3 is 9.80 Å².